The van der Waals surface area contributed by atoms with Gasteiger partial charge in [-0.15, -0.1) is 0 Å². The normalized spacial score (nSPS) is 19.8. The first-order valence-corrected chi connectivity index (χ1v) is 7.81. The summed E-state index contributed by atoms with van der Waals surface area (Å²) in [6, 6.07) is 4.03. The summed E-state index contributed by atoms with van der Waals surface area (Å²) in [5.41, 5.74) is 7.42. The van der Waals surface area contributed by atoms with Gasteiger partial charge < -0.3 is 10.6 Å². The Labute approximate surface area is 127 Å². The van der Waals surface area contributed by atoms with Gasteiger partial charge in [-0.1, -0.05) is 20.3 Å². The molecule has 116 valence electrons. The number of nitrogens with two attached hydrogens (primary N) is 1. The molecule has 5 heteroatoms. The number of hydrogen-bond acceptors (Lipinski definition) is 4. The second kappa shape index (κ2) is 6.89. The summed E-state index contributed by atoms with van der Waals surface area (Å²) in [4.78, 5) is 21.3. The minimum atomic E-state index is 0.0769. The molecule has 0 radical (unpaired) electrons. The van der Waals surface area contributed by atoms with E-state index in [9.17, 15) is 4.79 Å². The highest BCUT2D eigenvalue weighted by molar-refractivity contribution is 5.95. The van der Waals surface area contributed by atoms with Gasteiger partial charge in [0.2, 0.25) is 0 Å². The third kappa shape index (κ3) is 3.73. The van der Waals surface area contributed by atoms with E-state index in [1.54, 1.807) is 6.07 Å². The molecule has 1 aliphatic heterocycles. The number of carbonyl (C=O) groups excluding carboxylic acids is 1. The van der Waals surface area contributed by atoms with Gasteiger partial charge in [-0.25, -0.2) is 4.98 Å². The van der Waals surface area contributed by atoms with Gasteiger partial charge in [0, 0.05) is 36.9 Å². The summed E-state index contributed by atoms with van der Waals surface area (Å²) in [5.74, 6) is 0.512. The van der Waals surface area contributed by atoms with E-state index < -0.39 is 0 Å². The number of piperazine rings is 1. The van der Waals surface area contributed by atoms with Crippen molar-refractivity contribution in [1.82, 2.24) is 14.8 Å². The van der Waals surface area contributed by atoms with Crippen molar-refractivity contribution in [3.63, 3.8) is 0 Å². The van der Waals surface area contributed by atoms with E-state index in [4.69, 9.17) is 5.73 Å². The molecule has 1 saturated heterocycles. The van der Waals surface area contributed by atoms with Crippen LogP contribution >= 0.6 is 0 Å². The molecule has 1 aliphatic rings. The molecule has 1 aromatic rings. The molecule has 2 heterocycles. The Morgan fingerprint density at radius 1 is 1.38 bits per heavy atom. The second-order valence-electron chi connectivity index (χ2n) is 5.82. The number of aryl methyl sites for hydroxylation is 1. The topological polar surface area (TPSA) is 62.5 Å². The first-order valence-electron chi connectivity index (χ1n) is 7.81. The van der Waals surface area contributed by atoms with Crippen LogP contribution in [0.1, 0.15) is 42.7 Å². The molecule has 2 rings (SSSR count). The van der Waals surface area contributed by atoms with Gasteiger partial charge in [0.1, 0.15) is 5.82 Å². The first-order chi connectivity index (χ1) is 10.0. The molecule has 1 unspecified atom stereocenters. The fourth-order valence-electron chi connectivity index (χ4n) is 2.87. The maximum Gasteiger partial charge on any atom is 0.254 e. The predicted molar refractivity (Wildman–Crippen MR) is 85.3 cm³/mol. The largest absolute Gasteiger partial charge is 0.384 e. The van der Waals surface area contributed by atoms with Crippen molar-refractivity contribution in [3.8, 4) is 0 Å². The molecule has 1 aromatic heterocycles. The number of anilines is 1. The fourth-order valence-corrected chi connectivity index (χ4v) is 2.87. The highest BCUT2D eigenvalue weighted by atomic mass is 16.2. The Morgan fingerprint density at radius 3 is 2.81 bits per heavy atom. The first kappa shape index (κ1) is 15.8. The summed E-state index contributed by atoms with van der Waals surface area (Å²) < 4.78 is 0. The summed E-state index contributed by atoms with van der Waals surface area (Å²) in [6.07, 6.45) is 2.90. The molecule has 0 aromatic carbocycles. The molecule has 0 aliphatic carbocycles. The van der Waals surface area contributed by atoms with Gasteiger partial charge >= 0.3 is 0 Å². The third-order valence-corrected chi connectivity index (χ3v) is 4.19. The maximum absolute atomic E-state index is 12.7. The number of amides is 1. The van der Waals surface area contributed by atoms with E-state index in [0.29, 0.717) is 17.4 Å². The Balaban J connectivity index is 2.16. The van der Waals surface area contributed by atoms with E-state index in [-0.39, 0.29) is 5.91 Å². The number of likely N-dealkylation sites (N-methyl/N-ethyl adjacent to an activating group) is 1. The van der Waals surface area contributed by atoms with Crippen LogP contribution in [0.5, 0.6) is 0 Å². The van der Waals surface area contributed by atoms with Crippen LogP contribution in [-0.2, 0) is 6.42 Å². The Morgan fingerprint density at radius 2 is 2.14 bits per heavy atom. The Kier molecular flexibility index (Phi) is 5.17. The number of pyridine rings is 1. The van der Waals surface area contributed by atoms with Crippen LogP contribution in [0.2, 0.25) is 0 Å². The number of rotatable bonds is 4. The molecule has 1 fully saturated rings. The predicted octanol–water partition coefficient (Wildman–Crippen LogP) is 1.78. The zero-order chi connectivity index (χ0) is 15.4. The van der Waals surface area contributed by atoms with Crippen LogP contribution in [0.15, 0.2) is 12.1 Å². The molecule has 0 saturated carbocycles. The molecular formula is C16H26N4O. The number of hydrogen-bond donors (Lipinski definition) is 1. The second-order valence-corrected chi connectivity index (χ2v) is 5.82. The van der Waals surface area contributed by atoms with Crippen LogP contribution in [0.3, 0.4) is 0 Å². The monoisotopic (exact) mass is 290 g/mol. The van der Waals surface area contributed by atoms with E-state index in [2.05, 4.69) is 30.8 Å². The van der Waals surface area contributed by atoms with Gasteiger partial charge in [-0.2, -0.15) is 0 Å². The van der Waals surface area contributed by atoms with Crippen LogP contribution in [0.25, 0.3) is 0 Å². The zero-order valence-electron chi connectivity index (χ0n) is 13.3. The highest BCUT2D eigenvalue weighted by Crippen LogP contribution is 2.16. The van der Waals surface area contributed by atoms with Crippen molar-refractivity contribution in [2.24, 2.45) is 0 Å². The SMILES string of the molecule is CCCc1cc(C(=O)N2CCN(C)C(CC)C2)cc(N)n1. The standard InChI is InChI=1S/C16H26N4O/c1-4-6-13-9-12(10-15(17)18-13)16(21)20-8-7-19(3)14(5-2)11-20/h9-10,14H,4-8,11H2,1-3H3,(H2,17,18). The quantitative estimate of drug-likeness (QED) is 0.918. The van der Waals surface area contributed by atoms with Gasteiger partial charge in [-0.3, -0.25) is 9.69 Å². The van der Waals surface area contributed by atoms with E-state index in [0.717, 1.165) is 44.6 Å². The minimum Gasteiger partial charge on any atom is -0.384 e. The van der Waals surface area contributed by atoms with E-state index >= 15 is 0 Å². The molecule has 0 spiro atoms. The number of carbonyl (C=O) groups is 1. The molecular weight excluding hydrogens is 264 g/mol. The number of nitrogen functional groups attached to an aromatic ring is 1. The van der Waals surface area contributed by atoms with Crippen LogP contribution < -0.4 is 5.73 Å². The lowest BCUT2D eigenvalue weighted by atomic mass is 10.1. The average molecular weight is 290 g/mol. The number of nitrogens with zero attached hydrogens (tertiary/aromatic N) is 3. The van der Waals surface area contributed by atoms with E-state index in [1.807, 2.05) is 11.0 Å². The van der Waals surface area contributed by atoms with Gasteiger partial charge in [0.25, 0.3) is 5.91 Å². The van der Waals surface area contributed by atoms with Gasteiger partial charge in [0.05, 0.1) is 0 Å². The summed E-state index contributed by atoms with van der Waals surface area (Å²) >= 11 is 0. The summed E-state index contributed by atoms with van der Waals surface area (Å²) in [6.45, 7) is 6.75. The molecule has 0 bridgehead atoms. The summed E-state index contributed by atoms with van der Waals surface area (Å²) in [7, 11) is 2.12. The molecule has 1 atom stereocenters. The minimum absolute atomic E-state index is 0.0769. The summed E-state index contributed by atoms with van der Waals surface area (Å²) in [5, 5.41) is 0. The lowest BCUT2D eigenvalue weighted by Crippen LogP contribution is -2.53. The van der Waals surface area contributed by atoms with Crippen molar-refractivity contribution < 1.29 is 4.79 Å². The van der Waals surface area contributed by atoms with Gasteiger partial charge in [0.15, 0.2) is 0 Å². The van der Waals surface area contributed by atoms with Crippen molar-refractivity contribution in [1.29, 1.82) is 0 Å². The third-order valence-electron chi connectivity index (χ3n) is 4.19. The van der Waals surface area contributed by atoms with Crippen LogP contribution in [-0.4, -0.2) is 53.4 Å². The smallest absolute Gasteiger partial charge is 0.254 e. The Bertz CT molecular complexity index is 503. The molecule has 5 nitrogen and oxygen atoms in total. The highest BCUT2D eigenvalue weighted by Gasteiger charge is 2.27. The maximum atomic E-state index is 12.7. The van der Waals surface area contributed by atoms with Crippen molar-refractivity contribution >= 4 is 11.7 Å². The Hall–Kier alpha value is -1.62. The van der Waals surface area contributed by atoms with Crippen molar-refractivity contribution in [3.05, 3.63) is 23.4 Å². The van der Waals surface area contributed by atoms with Crippen LogP contribution in [0.4, 0.5) is 5.82 Å². The van der Waals surface area contributed by atoms with Crippen molar-refractivity contribution in [2.45, 2.75) is 39.2 Å². The number of aromatic nitrogens is 1. The lowest BCUT2D eigenvalue weighted by molar-refractivity contribution is 0.0541. The van der Waals surface area contributed by atoms with Gasteiger partial charge in [-0.05, 0) is 32.0 Å². The molecule has 21 heavy (non-hydrogen) atoms. The fraction of sp³-hybridized carbons (Fsp3) is 0.625. The lowest BCUT2D eigenvalue weighted by Gasteiger charge is -2.39. The van der Waals surface area contributed by atoms with E-state index in [1.165, 1.54) is 0 Å². The van der Waals surface area contributed by atoms with Crippen molar-refractivity contribution in [2.75, 3.05) is 32.4 Å². The molecule has 1 amide bonds. The van der Waals surface area contributed by atoms with Crippen LogP contribution in [0, 0.1) is 0 Å². The zero-order valence-corrected chi connectivity index (χ0v) is 13.3. The average Bonchev–Trinajstić information content (AvgIpc) is 2.47. The molecule has 2 N–H and O–H groups in total.